The summed E-state index contributed by atoms with van der Waals surface area (Å²) in [5.41, 5.74) is 0. The van der Waals surface area contributed by atoms with Crippen molar-refractivity contribution in [2.75, 3.05) is 0 Å². The lowest BCUT2D eigenvalue weighted by atomic mass is 10.3. The molecule has 1 atom stereocenters. The zero-order valence-corrected chi connectivity index (χ0v) is 8.29. The summed E-state index contributed by atoms with van der Waals surface area (Å²) in [6.45, 7) is 0. The third-order valence-corrected chi connectivity index (χ3v) is 2.20. The third-order valence-electron chi connectivity index (χ3n) is 0.994. The van der Waals surface area contributed by atoms with Crippen molar-refractivity contribution in [1.82, 2.24) is 0 Å². The van der Waals surface area contributed by atoms with Crippen LogP contribution in [0.4, 0.5) is 0 Å². The topological polar surface area (TPSA) is 49.4 Å². The van der Waals surface area contributed by atoms with E-state index in [1.54, 1.807) is 18.2 Å². The highest BCUT2D eigenvalue weighted by Crippen LogP contribution is 2.19. The van der Waals surface area contributed by atoms with E-state index in [1.807, 2.05) is 28.7 Å². The Morgan fingerprint density at radius 2 is 2.09 bits per heavy atom. The third kappa shape index (κ3) is 2.76. The van der Waals surface area contributed by atoms with Gasteiger partial charge in [-0.25, -0.2) is 4.21 Å². The number of hydrogen-bond donors (Lipinski definition) is 0. The Balaban J connectivity index is 2.86. The Morgan fingerprint density at radius 3 is 2.64 bits per heavy atom. The molecule has 3 nitrogen and oxygen atoms in total. The molecule has 0 spiro atoms. The molecule has 0 aromatic heterocycles. The molecule has 11 heavy (non-hydrogen) atoms. The van der Waals surface area contributed by atoms with E-state index in [0.717, 1.165) is 3.57 Å². The molecule has 1 unspecified atom stereocenters. The molecule has 0 aliphatic carbocycles. The number of rotatable bonds is 2. The second-order valence-corrected chi connectivity index (χ2v) is 3.45. The lowest BCUT2D eigenvalue weighted by Crippen LogP contribution is -1.98. The standard InChI is InChI=1S/C6H5IO3S/c7-5-3-1-2-4-6(5)10-11(8)9/h1-4H,(H,8,9)/p-1. The van der Waals surface area contributed by atoms with Crippen LogP contribution in [0.1, 0.15) is 0 Å². The molecule has 0 N–H and O–H groups in total. The van der Waals surface area contributed by atoms with Crippen molar-refractivity contribution in [3.63, 3.8) is 0 Å². The molecule has 0 saturated carbocycles. The average Bonchev–Trinajstić information content (AvgIpc) is 1.93. The van der Waals surface area contributed by atoms with Crippen molar-refractivity contribution in [3.8, 4) is 5.75 Å². The van der Waals surface area contributed by atoms with Crippen molar-refractivity contribution in [2.45, 2.75) is 0 Å². The summed E-state index contributed by atoms with van der Waals surface area (Å²) in [5.74, 6) is 0.362. The van der Waals surface area contributed by atoms with Crippen LogP contribution in [-0.2, 0) is 11.4 Å². The van der Waals surface area contributed by atoms with E-state index < -0.39 is 11.4 Å². The van der Waals surface area contributed by atoms with E-state index in [4.69, 9.17) is 0 Å². The predicted octanol–water partition coefficient (Wildman–Crippen LogP) is 1.46. The second-order valence-electron chi connectivity index (χ2n) is 1.72. The van der Waals surface area contributed by atoms with Gasteiger partial charge < -0.3 is 8.74 Å². The molecule has 1 rings (SSSR count). The van der Waals surface area contributed by atoms with Gasteiger partial charge in [0.25, 0.3) is 0 Å². The fourth-order valence-electron chi connectivity index (χ4n) is 0.586. The predicted molar refractivity (Wildman–Crippen MR) is 48.7 cm³/mol. The number of hydrogen-bond acceptors (Lipinski definition) is 3. The first kappa shape index (κ1) is 8.95. The Labute approximate surface area is 80.4 Å². The normalized spacial score (nSPS) is 12.5. The van der Waals surface area contributed by atoms with Gasteiger partial charge in [0.2, 0.25) is 0 Å². The van der Waals surface area contributed by atoms with E-state index >= 15 is 0 Å². The lowest BCUT2D eigenvalue weighted by Gasteiger charge is -2.07. The highest BCUT2D eigenvalue weighted by Gasteiger charge is 1.97. The van der Waals surface area contributed by atoms with Crippen LogP contribution in [0.25, 0.3) is 0 Å². The van der Waals surface area contributed by atoms with Gasteiger partial charge in [-0.15, -0.1) is 0 Å². The molecule has 0 aliphatic rings. The molecule has 0 radical (unpaired) electrons. The smallest absolute Gasteiger partial charge is 0.152 e. The fraction of sp³-hybridized carbons (Fsp3) is 0. The van der Waals surface area contributed by atoms with Crippen LogP contribution in [0, 0.1) is 3.57 Å². The van der Waals surface area contributed by atoms with Gasteiger partial charge in [0, 0.05) is 0 Å². The molecule has 5 heteroatoms. The largest absolute Gasteiger partial charge is 0.740 e. The molecule has 60 valence electrons. The summed E-state index contributed by atoms with van der Waals surface area (Å²) < 4.78 is 25.4. The maximum atomic E-state index is 10.1. The minimum Gasteiger partial charge on any atom is -0.740 e. The number of benzene rings is 1. The molecular weight excluding hydrogens is 279 g/mol. The molecule has 0 aliphatic heterocycles. The van der Waals surface area contributed by atoms with Gasteiger partial charge in [0.1, 0.15) is 11.4 Å². The molecular formula is C6H4IO3S-. The van der Waals surface area contributed by atoms with Gasteiger partial charge in [-0.3, -0.25) is 0 Å². The van der Waals surface area contributed by atoms with E-state index in [0.29, 0.717) is 5.75 Å². The summed E-state index contributed by atoms with van der Waals surface area (Å²) in [6, 6.07) is 6.88. The highest BCUT2D eigenvalue weighted by molar-refractivity contribution is 14.1. The lowest BCUT2D eigenvalue weighted by molar-refractivity contribution is 0.439. The highest BCUT2D eigenvalue weighted by atomic mass is 127. The molecule has 1 aromatic rings. The van der Waals surface area contributed by atoms with Crippen LogP contribution in [0.2, 0.25) is 0 Å². The molecule has 0 bridgehead atoms. The monoisotopic (exact) mass is 283 g/mol. The minimum atomic E-state index is -2.48. The average molecular weight is 283 g/mol. The van der Waals surface area contributed by atoms with E-state index in [-0.39, 0.29) is 0 Å². The molecule has 0 amide bonds. The Hall–Kier alpha value is -0.140. The van der Waals surface area contributed by atoms with Gasteiger partial charge in [-0.2, -0.15) is 0 Å². The first-order valence-corrected chi connectivity index (χ1v) is 4.80. The first-order chi connectivity index (χ1) is 5.20. The Bertz CT molecular complexity index is 276. The molecule has 0 heterocycles. The summed E-state index contributed by atoms with van der Waals surface area (Å²) in [7, 11) is 0. The summed E-state index contributed by atoms with van der Waals surface area (Å²) >= 11 is -0.486. The molecule has 1 aromatic carbocycles. The number of para-hydroxylation sites is 1. The molecule has 0 fully saturated rings. The van der Waals surface area contributed by atoms with Crippen molar-refractivity contribution >= 4 is 34.0 Å². The minimum absolute atomic E-state index is 0.362. The van der Waals surface area contributed by atoms with Crippen molar-refractivity contribution in [1.29, 1.82) is 0 Å². The van der Waals surface area contributed by atoms with E-state index in [9.17, 15) is 8.76 Å². The van der Waals surface area contributed by atoms with Crippen LogP contribution < -0.4 is 4.18 Å². The van der Waals surface area contributed by atoms with Gasteiger partial charge >= 0.3 is 0 Å². The maximum absolute atomic E-state index is 10.1. The summed E-state index contributed by atoms with van der Waals surface area (Å²) in [6.07, 6.45) is 0. The zero-order valence-electron chi connectivity index (χ0n) is 5.32. The van der Waals surface area contributed by atoms with Crippen LogP contribution in [0.15, 0.2) is 24.3 Å². The van der Waals surface area contributed by atoms with Crippen molar-refractivity contribution in [2.24, 2.45) is 0 Å². The van der Waals surface area contributed by atoms with Crippen LogP contribution >= 0.6 is 22.6 Å². The quantitative estimate of drug-likeness (QED) is 0.610. The Kier molecular flexibility index (Phi) is 3.28. The first-order valence-electron chi connectivity index (χ1n) is 2.72. The second kappa shape index (κ2) is 4.03. The number of halogens is 1. The van der Waals surface area contributed by atoms with E-state index in [1.165, 1.54) is 0 Å². The van der Waals surface area contributed by atoms with Gasteiger partial charge in [0.05, 0.1) is 3.57 Å². The summed E-state index contributed by atoms with van der Waals surface area (Å²) in [5, 5.41) is 0. The Morgan fingerprint density at radius 1 is 1.45 bits per heavy atom. The summed E-state index contributed by atoms with van der Waals surface area (Å²) in [4.78, 5) is 0. The van der Waals surface area contributed by atoms with Crippen LogP contribution in [0.5, 0.6) is 5.75 Å². The van der Waals surface area contributed by atoms with Crippen molar-refractivity contribution in [3.05, 3.63) is 27.8 Å². The van der Waals surface area contributed by atoms with Crippen molar-refractivity contribution < 1.29 is 12.9 Å². The van der Waals surface area contributed by atoms with Gasteiger partial charge in [-0.1, -0.05) is 12.1 Å². The molecule has 0 saturated heterocycles. The van der Waals surface area contributed by atoms with Crippen LogP contribution in [0.3, 0.4) is 0 Å². The van der Waals surface area contributed by atoms with Crippen LogP contribution in [-0.4, -0.2) is 8.76 Å². The van der Waals surface area contributed by atoms with E-state index in [2.05, 4.69) is 4.18 Å². The fourth-order valence-corrected chi connectivity index (χ4v) is 1.52. The SMILES string of the molecule is O=S([O-])Oc1ccccc1I. The van der Waals surface area contributed by atoms with Gasteiger partial charge in [-0.05, 0) is 34.7 Å². The zero-order chi connectivity index (χ0) is 8.27. The maximum Gasteiger partial charge on any atom is 0.152 e. The van der Waals surface area contributed by atoms with Gasteiger partial charge in [0.15, 0.2) is 5.75 Å².